The van der Waals surface area contributed by atoms with Gasteiger partial charge in [0.15, 0.2) is 0 Å². The van der Waals surface area contributed by atoms with Crippen molar-refractivity contribution < 1.29 is 4.79 Å². The Morgan fingerprint density at radius 3 is 2.60 bits per heavy atom. The lowest BCUT2D eigenvalue weighted by Crippen LogP contribution is -2.46. The maximum absolute atomic E-state index is 11.7. The third-order valence-electron chi connectivity index (χ3n) is 3.41. The standard InChI is InChI=1S/C12H24N2O/c1-3-6-11(13)12(15)14-9(2)10-7-4-5-8-10/h9-11H,3-8,13H2,1-2H3,(H,14,15)/t9-,11-/m0/s1. The minimum atomic E-state index is -0.321. The van der Waals surface area contributed by atoms with E-state index in [1.165, 1.54) is 25.7 Å². The van der Waals surface area contributed by atoms with Crippen LogP contribution in [0, 0.1) is 5.92 Å². The average Bonchev–Trinajstić information content (AvgIpc) is 2.70. The van der Waals surface area contributed by atoms with E-state index in [1.54, 1.807) is 0 Å². The molecule has 1 amide bonds. The van der Waals surface area contributed by atoms with Crippen molar-refractivity contribution in [2.45, 2.75) is 64.5 Å². The molecule has 15 heavy (non-hydrogen) atoms. The van der Waals surface area contributed by atoms with E-state index in [0.29, 0.717) is 12.0 Å². The van der Waals surface area contributed by atoms with Crippen LogP contribution in [0.4, 0.5) is 0 Å². The molecule has 2 atom stereocenters. The first-order valence-electron chi connectivity index (χ1n) is 6.21. The predicted octanol–water partition coefficient (Wildman–Crippen LogP) is 1.81. The van der Waals surface area contributed by atoms with E-state index >= 15 is 0 Å². The summed E-state index contributed by atoms with van der Waals surface area (Å²) in [7, 11) is 0. The van der Waals surface area contributed by atoms with Gasteiger partial charge in [-0.3, -0.25) is 4.79 Å². The van der Waals surface area contributed by atoms with Crippen molar-refractivity contribution in [2.75, 3.05) is 0 Å². The van der Waals surface area contributed by atoms with E-state index in [4.69, 9.17) is 5.73 Å². The van der Waals surface area contributed by atoms with Crippen molar-refractivity contribution in [1.82, 2.24) is 5.32 Å². The van der Waals surface area contributed by atoms with Gasteiger partial charge in [0.2, 0.25) is 5.91 Å². The molecule has 0 aromatic heterocycles. The fourth-order valence-electron chi connectivity index (χ4n) is 2.35. The highest BCUT2D eigenvalue weighted by atomic mass is 16.2. The molecule has 1 fully saturated rings. The zero-order chi connectivity index (χ0) is 11.3. The van der Waals surface area contributed by atoms with Crippen molar-refractivity contribution in [3.63, 3.8) is 0 Å². The lowest BCUT2D eigenvalue weighted by molar-refractivity contribution is -0.123. The molecule has 0 heterocycles. The summed E-state index contributed by atoms with van der Waals surface area (Å²) in [5.41, 5.74) is 5.76. The Balaban J connectivity index is 2.29. The fraction of sp³-hybridized carbons (Fsp3) is 0.917. The molecule has 3 N–H and O–H groups in total. The molecule has 1 aliphatic carbocycles. The van der Waals surface area contributed by atoms with E-state index in [9.17, 15) is 4.79 Å². The van der Waals surface area contributed by atoms with Crippen LogP contribution in [0.25, 0.3) is 0 Å². The van der Waals surface area contributed by atoms with Crippen LogP contribution in [-0.2, 0) is 4.79 Å². The van der Waals surface area contributed by atoms with Gasteiger partial charge in [-0.15, -0.1) is 0 Å². The SMILES string of the molecule is CCC[C@H](N)C(=O)N[C@@H](C)C1CCCC1. The lowest BCUT2D eigenvalue weighted by Gasteiger charge is -2.22. The quantitative estimate of drug-likeness (QED) is 0.730. The van der Waals surface area contributed by atoms with Gasteiger partial charge in [0.1, 0.15) is 0 Å². The lowest BCUT2D eigenvalue weighted by atomic mass is 9.99. The van der Waals surface area contributed by atoms with Crippen molar-refractivity contribution in [3.05, 3.63) is 0 Å². The third-order valence-corrected chi connectivity index (χ3v) is 3.41. The van der Waals surface area contributed by atoms with E-state index in [1.807, 2.05) is 6.92 Å². The van der Waals surface area contributed by atoms with E-state index in [0.717, 1.165) is 12.8 Å². The van der Waals surface area contributed by atoms with Gasteiger partial charge in [0, 0.05) is 6.04 Å². The van der Waals surface area contributed by atoms with Crippen molar-refractivity contribution in [3.8, 4) is 0 Å². The Kier molecular flexibility index (Phi) is 5.09. The molecule has 0 saturated heterocycles. The molecule has 88 valence electrons. The van der Waals surface area contributed by atoms with Crippen molar-refractivity contribution in [1.29, 1.82) is 0 Å². The number of amides is 1. The summed E-state index contributed by atoms with van der Waals surface area (Å²) in [5, 5.41) is 3.04. The van der Waals surface area contributed by atoms with Gasteiger partial charge in [-0.25, -0.2) is 0 Å². The molecular formula is C12H24N2O. The van der Waals surface area contributed by atoms with Crippen LogP contribution in [0.15, 0.2) is 0 Å². The van der Waals surface area contributed by atoms with Crippen LogP contribution in [0.1, 0.15) is 52.4 Å². The van der Waals surface area contributed by atoms with Gasteiger partial charge < -0.3 is 11.1 Å². The summed E-state index contributed by atoms with van der Waals surface area (Å²) < 4.78 is 0. The highest BCUT2D eigenvalue weighted by Crippen LogP contribution is 2.27. The van der Waals surface area contributed by atoms with Crippen molar-refractivity contribution in [2.24, 2.45) is 11.7 Å². The molecule has 1 aliphatic rings. The molecule has 0 spiro atoms. The summed E-state index contributed by atoms with van der Waals surface area (Å²) in [5.74, 6) is 0.694. The zero-order valence-corrected chi connectivity index (χ0v) is 9.96. The summed E-state index contributed by atoms with van der Waals surface area (Å²) in [6, 6.07) is -0.0261. The summed E-state index contributed by atoms with van der Waals surface area (Å²) >= 11 is 0. The average molecular weight is 212 g/mol. The van der Waals surface area contributed by atoms with Gasteiger partial charge in [0.25, 0.3) is 0 Å². The van der Waals surface area contributed by atoms with Gasteiger partial charge in [-0.2, -0.15) is 0 Å². The highest BCUT2D eigenvalue weighted by molar-refractivity contribution is 5.81. The number of nitrogens with two attached hydrogens (primary N) is 1. The number of carbonyl (C=O) groups excluding carboxylic acids is 1. The first-order chi connectivity index (χ1) is 7.15. The number of hydrogen-bond donors (Lipinski definition) is 2. The molecular weight excluding hydrogens is 188 g/mol. The van der Waals surface area contributed by atoms with E-state index in [-0.39, 0.29) is 11.9 Å². The van der Waals surface area contributed by atoms with Crippen LogP contribution >= 0.6 is 0 Å². The minimum absolute atomic E-state index is 0.0243. The third kappa shape index (κ3) is 3.82. The largest absolute Gasteiger partial charge is 0.352 e. The van der Waals surface area contributed by atoms with E-state index < -0.39 is 0 Å². The Morgan fingerprint density at radius 2 is 2.07 bits per heavy atom. The predicted molar refractivity (Wildman–Crippen MR) is 62.4 cm³/mol. The van der Waals surface area contributed by atoms with Gasteiger partial charge >= 0.3 is 0 Å². The van der Waals surface area contributed by atoms with E-state index in [2.05, 4.69) is 12.2 Å². The van der Waals surface area contributed by atoms with Gasteiger partial charge in [-0.05, 0) is 32.1 Å². The highest BCUT2D eigenvalue weighted by Gasteiger charge is 2.24. The Bertz CT molecular complexity index is 200. The van der Waals surface area contributed by atoms with Crippen LogP contribution in [0.2, 0.25) is 0 Å². The summed E-state index contributed by atoms with van der Waals surface area (Å²) in [6.07, 6.45) is 6.88. The molecule has 3 heteroatoms. The second-order valence-electron chi connectivity index (χ2n) is 4.74. The molecule has 1 saturated carbocycles. The van der Waals surface area contributed by atoms with Gasteiger partial charge in [-0.1, -0.05) is 26.2 Å². The first kappa shape index (κ1) is 12.5. The van der Waals surface area contributed by atoms with Gasteiger partial charge in [0.05, 0.1) is 6.04 Å². The Labute approximate surface area is 92.8 Å². The smallest absolute Gasteiger partial charge is 0.237 e. The topological polar surface area (TPSA) is 55.1 Å². The number of nitrogens with one attached hydrogen (secondary N) is 1. The molecule has 0 aromatic rings. The van der Waals surface area contributed by atoms with Crippen LogP contribution in [0.3, 0.4) is 0 Å². The molecule has 0 bridgehead atoms. The number of hydrogen-bond acceptors (Lipinski definition) is 2. The zero-order valence-electron chi connectivity index (χ0n) is 9.96. The molecule has 1 rings (SSSR count). The second kappa shape index (κ2) is 6.11. The Morgan fingerprint density at radius 1 is 1.47 bits per heavy atom. The van der Waals surface area contributed by atoms with Crippen LogP contribution in [-0.4, -0.2) is 18.0 Å². The molecule has 0 unspecified atom stereocenters. The maximum Gasteiger partial charge on any atom is 0.237 e. The summed E-state index contributed by atoms with van der Waals surface area (Å²) in [4.78, 5) is 11.7. The van der Waals surface area contributed by atoms with Crippen LogP contribution < -0.4 is 11.1 Å². The van der Waals surface area contributed by atoms with Crippen LogP contribution in [0.5, 0.6) is 0 Å². The van der Waals surface area contributed by atoms with Crippen molar-refractivity contribution >= 4 is 5.91 Å². The molecule has 0 radical (unpaired) electrons. The first-order valence-corrected chi connectivity index (χ1v) is 6.21. The Hall–Kier alpha value is -0.570. The summed E-state index contributed by atoms with van der Waals surface area (Å²) in [6.45, 7) is 4.15. The monoisotopic (exact) mass is 212 g/mol. The second-order valence-corrected chi connectivity index (χ2v) is 4.74. The minimum Gasteiger partial charge on any atom is -0.352 e. The molecule has 3 nitrogen and oxygen atoms in total. The number of rotatable bonds is 5. The maximum atomic E-state index is 11.7. The normalized spacial score (nSPS) is 21.3. The number of carbonyl (C=O) groups is 1. The fourth-order valence-corrected chi connectivity index (χ4v) is 2.35. The molecule has 0 aromatic carbocycles. The molecule has 0 aliphatic heterocycles.